The van der Waals surface area contributed by atoms with Gasteiger partial charge >= 0.3 is 5.97 Å². The Balaban J connectivity index is 0.00000169. The highest BCUT2D eigenvalue weighted by molar-refractivity contribution is 5.85. The summed E-state index contributed by atoms with van der Waals surface area (Å²) in [7, 11) is 1.38. The number of nitrogens with one attached hydrogen (secondary N) is 1. The number of anilines is 1. The van der Waals surface area contributed by atoms with Crippen molar-refractivity contribution < 1.29 is 9.53 Å². The number of halogens is 1. The molecule has 0 bridgehead atoms. The summed E-state index contributed by atoms with van der Waals surface area (Å²) in [5.74, 6) is -0.207. The molecule has 0 saturated heterocycles. The second-order valence-corrected chi connectivity index (χ2v) is 2.49. The Morgan fingerprint density at radius 1 is 1.50 bits per heavy atom. The molecule has 78 valence electrons. The summed E-state index contributed by atoms with van der Waals surface area (Å²) in [6, 6.07) is 3.69. The average Bonchev–Trinajstić information content (AvgIpc) is 2.19. The minimum atomic E-state index is -0.207. The molecule has 1 N–H and O–H groups in total. The van der Waals surface area contributed by atoms with Crippen LogP contribution in [0.25, 0.3) is 0 Å². The Morgan fingerprint density at radius 2 is 2.14 bits per heavy atom. The van der Waals surface area contributed by atoms with Gasteiger partial charge in [0.2, 0.25) is 0 Å². The van der Waals surface area contributed by atoms with Crippen LogP contribution in [0.3, 0.4) is 0 Å². The molecular weight excluding hydrogens is 204 g/mol. The Hall–Kier alpha value is -1.29. The first kappa shape index (κ1) is 12.7. The summed E-state index contributed by atoms with van der Waals surface area (Å²) in [5, 5.41) is 3.07. The Morgan fingerprint density at radius 3 is 2.71 bits per heavy atom. The topological polar surface area (TPSA) is 51.2 Å². The summed E-state index contributed by atoms with van der Waals surface area (Å²) in [6.45, 7) is 0.580. The van der Waals surface area contributed by atoms with E-state index in [2.05, 4.69) is 15.0 Å². The fraction of sp³-hybridized carbons (Fsp3) is 0.333. The highest BCUT2D eigenvalue weighted by Gasteiger charge is 1.98. The smallest absolute Gasteiger partial charge is 0.307 e. The predicted molar refractivity (Wildman–Crippen MR) is 56.6 cm³/mol. The van der Waals surface area contributed by atoms with Gasteiger partial charge in [-0.15, -0.1) is 12.4 Å². The third-order valence-corrected chi connectivity index (χ3v) is 1.57. The number of hydrogen-bond acceptors (Lipinski definition) is 4. The second-order valence-electron chi connectivity index (χ2n) is 2.49. The molecule has 1 rings (SSSR count). The van der Waals surface area contributed by atoms with Crippen LogP contribution in [0.4, 0.5) is 5.69 Å². The first-order valence-corrected chi connectivity index (χ1v) is 4.03. The van der Waals surface area contributed by atoms with Gasteiger partial charge in [0.05, 0.1) is 13.5 Å². The lowest BCUT2D eigenvalue weighted by atomic mass is 10.3. The zero-order chi connectivity index (χ0) is 9.52. The first-order chi connectivity index (χ1) is 6.33. The molecule has 0 aliphatic heterocycles. The Bertz CT molecular complexity index is 267. The van der Waals surface area contributed by atoms with E-state index in [1.165, 1.54) is 7.11 Å². The third-order valence-electron chi connectivity index (χ3n) is 1.57. The molecule has 0 aliphatic rings. The number of nitrogens with zero attached hydrogens (tertiary/aromatic N) is 1. The van der Waals surface area contributed by atoms with Gasteiger partial charge in [-0.2, -0.15) is 0 Å². The van der Waals surface area contributed by atoms with Crippen LogP contribution < -0.4 is 5.32 Å². The lowest BCUT2D eigenvalue weighted by Crippen LogP contribution is -2.09. The molecule has 0 saturated carbocycles. The largest absolute Gasteiger partial charge is 0.469 e. The molecule has 0 radical (unpaired) electrons. The number of hydrogen-bond donors (Lipinski definition) is 1. The van der Waals surface area contributed by atoms with Gasteiger partial charge in [-0.25, -0.2) is 0 Å². The standard InChI is InChI=1S/C9H12N2O2.ClH/c1-13-9(12)4-7-11-8-2-5-10-6-3-8;/h2-3,5-6H,4,7H2,1H3,(H,10,11);1H. The molecule has 1 aromatic heterocycles. The number of aromatic nitrogens is 1. The highest BCUT2D eigenvalue weighted by atomic mass is 35.5. The van der Waals surface area contributed by atoms with Gasteiger partial charge in [0, 0.05) is 24.6 Å². The van der Waals surface area contributed by atoms with Gasteiger partial charge < -0.3 is 10.1 Å². The number of ether oxygens (including phenoxy) is 1. The quantitative estimate of drug-likeness (QED) is 0.775. The van der Waals surface area contributed by atoms with E-state index in [-0.39, 0.29) is 18.4 Å². The van der Waals surface area contributed by atoms with Crippen molar-refractivity contribution in [2.45, 2.75) is 6.42 Å². The Labute approximate surface area is 89.1 Å². The van der Waals surface area contributed by atoms with E-state index < -0.39 is 0 Å². The summed E-state index contributed by atoms with van der Waals surface area (Å²) in [5.41, 5.74) is 0.957. The number of rotatable bonds is 4. The highest BCUT2D eigenvalue weighted by Crippen LogP contribution is 2.02. The van der Waals surface area contributed by atoms with Crippen LogP contribution in [0.5, 0.6) is 0 Å². The average molecular weight is 217 g/mol. The van der Waals surface area contributed by atoms with Crippen molar-refractivity contribution in [1.29, 1.82) is 0 Å². The van der Waals surface area contributed by atoms with Crippen molar-refractivity contribution in [3.63, 3.8) is 0 Å². The van der Waals surface area contributed by atoms with Crippen molar-refractivity contribution in [1.82, 2.24) is 4.98 Å². The van der Waals surface area contributed by atoms with E-state index in [9.17, 15) is 4.79 Å². The monoisotopic (exact) mass is 216 g/mol. The van der Waals surface area contributed by atoms with Crippen LogP contribution in [0, 0.1) is 0 Å². The van der Waals surface area contributed by atoms with E-state index in [0.29, 0.717) is 13.0 Å². The van der Waals surface area contributed by atoms with Gasteiger partial charge in [-0.1, -0.05) is 0 Å². The molecule has 1 aromatic rings. The van der Waals surface area contributed by atoms with E-state index in [1.54, 1.807) is 12.4 Å². The van der Waals surface area contributed by atoms with Crippen LogP contribution in [0.2, 0.25) is 0 Å². The molecule has 0 amide bonds. The van der Waals surface area contributed by atoms with Crippen molar-refractivity contribution in [3.05, 3.63) is 24.5 Å². The van der Waals surface area contributed by atoms with E-state index in [0.717, 1.165) is 5.69 Å². The molecule has 14 heavy (non-hydrogen) atoms. The van der Waals surface area contributed by atoms with Crippen molar-refractivity contribution >= 4 is 24.1 Å². The van der Waals surface area contributed by atoms with Gasteiger partial charge in [0.15, 0.2) is 0 Å². The van der Waals surface area contributed by atoms with Crippen LogP contribution in [0.15, 0.2) is 24.5 Å². The van der Waals surface area contributed by atoms with Gasteiger partial charge in [0.1, 0.15) is 0 Å². The van der Waals surface area contributed by atoms with Crippen LogP contribution in [0.1, 0.15) is 6.42 Å². The van der Waals surface area contributed by atoms with Crippen molar-refractivity contribution in [2.24, 2.45) is 0 Å². The lowest BCUT2D eigenvalue weighted by molar-refractivity contribution is -0.140. The van der Waals surface area contributed by atoms with Crippen molar-refractivity contribution in [2.75, 3.05) is 19.0 Å². The molecule has 4 nitrogen and oxygen atoms in total. The Kier molecular flexibility index (Phi) is 6.49. The molecule has 0 spiro atoms. The van der Waals surface area contributed by atoms with E-state index >= 15 is 0 Å². The van der Waals surface area contributed by atoms with Gasteiger partial charge in [-0.3, -0.25) is 9.78 Å². The molecule has 0 aliphatic carbocycles. The minimum absolute atomic E-state index is 0. The summed E-state index contributed by atoms with van der Waals surface area (Å²) in [6.07, 6.45) is 3.76. The van der Waals surface area contributed by atoms with Crippen LogP contribution >= 0.6 is 12.4 Å². The summed E-state index contributed by atoms with van der Waals surface area (Å²) >= 11 is 0. The number of methoxy groups -OCH3 is 1. The predicted octanol–water partition coefficient (Wildman–Crippen LogP) is 1.48. The van der Waals surface area contributed by atoms with Crippen LogP contribution in [-0.4, -0.2) is 24.6 Å². The molecular formula is C9H13ClN2O2. The lowest BCUT2D eigenvalue weighted by Gasteiger charge is -2.03. The maximum Gasteiger partial charge on any atom is 0.307 e. The third kappa shape index (κ3) is 4.67. The molecule has 0 fully saturated rings. The normalized spacial score (nSPS) is 8.64. The van der Waals surface area contributed by atoms with Crippen LogP contribution in [-0.2, 0) is 9.53 Å². The van der Waals surface area contributed by atoms with E-state index in [1.807, 2.05) is 12.1 Å². The maximum atomic E-state index is 10.7. The maximum absolute atomic E-state index is 10.7. The molecule has 5 heteroatoms. The first-order valence-electron chi connectivity index (χ1n) is 4.03. The zero-order valence-electron chi connectivity index (χ0n) is 7.90. The number of carbonyl (C=O) groups excluding carboxylic acids is 1. The number of esters is 1. The molecule has 0 aromatic carbocycles. The number of carbonyl (C=O) groups is 1. The fourth-order valence-corrected chi connectivity index (χ4v) is 0.881. The minimum Gasteiger partial charge on any atom is -0.469 e. The van der Waals surface area contributed by atoms with E-state index in [4.69, 9.17) is 0 Å². The summed E-state index contributed by atoms with van der Waals surface area (Å²) in [4.78, 5) is 14.6. The second kappa shape index (κ2) is 7.15. The fourth-order valence-electron chi connectivity index (χ4n) is 0.881. The summed E-state index contributed by atoms with van der Waals surface area (Å²) < 4.78 is 4.50. The van der Waals surface area contributed by atoms with Gasteiger partial charge in [0.25, 0.3) is 0 Å². The van der Waals surface area contributed by atoms with Crippen molar-refractivity contribution in [3.8, 4) is 0 Å². The molecule has 0 atom stereocenters. The zero-order valence-corrected chi connectivity index (χ0v) is 8.71. The SMILES string of the molecule is COC(=O)CCNc1ccncc1.Cl. The van der Waals surface area contributed by atoms with Gasteiger partial charge in [-0.05, 0) is 12.1 Å². The molecule has 0 unspecified atom stereocenters. The number of pyridine rings is 1. The molecule has 1 heterocycles.